The summed E-state index contributed by atoms with van der Waals surface area (Å²) in [5, 5.41) is 2.62. The van der Waals surface area contributed by atoms with Gasteiger partial charge in [0.05, 0.1) is 43.1 Å². The molecule has 0 bridgehead atoms. The SMILES string of the molecule is COC(=O)C1=C(CF)NC(C)=C(C(=O)OC(C)C)C1c1c(Cl)ccc(OC)c1F. The lowest BCUT2D eigenvalue weighted by Gasteiger charge is -2.31. The number of carbonyl (C=O) groups is 2. The molecule has 1 aromatic carbocycles. The molecule has 0 fully saturated rings. The number of methoxy groups -OCH3 is 2. The molecule has 0 saturated carbocycles. The van der Waals surface area contributed by atoms with Gasteiger partial charge >= 0.3 is 11.9 Å². The lowest BCUT2D eigenvalue weighted by Crippen LogP contribution is -2.34. The molecule has 1 aliphatic heterocycles. The van der Waals surface area contributed by atoms with Crippen LogP contribution in [-0.4, -0.2) is 38.9 Å². The summed E-state index contributed by atoms with van der Waals surface area (Å²) in [6.45, 7) is 3.71. The zero-order valence-electron chi connectivity index (χ0n) is 16.7. The highest BCUT2D eigenvalue weighted by atomic mass is 35.5. The van der Waals surface area contributed by atoms with Gasteiger partial charge in [-0.1, -0.05) is 11.6 Å². The highest BCUT2D eigenvalue weighted by molar-refractivity contribution is 6.31. The Morgan fingerprint density at radius 1 is 1.21 bits per heavy atom. The van der Waals surface area contributed by atoms with Crippen molar-refractivity contribution in [2.45, 2.75) is 32.8 Å². The smallest absolute Gasteiger partial charge is 0.337 e. The van der Waals surface area contributed by atoms with Gasteiger partial charge in [0.1, 0.15) is 6.67 Å². The molecule has 0 aliphatic carbocycles. The van der Waals surface area contributed by atoms with Gasteiger partial charge in [-0.05, 0) is 32.9 Å². The molecule has 6 nitrogen and oxygen atoms in total. The molecule has 0 saturated heterocycles. The van der Waals surface area contributed by atoms with Crippen LogP contribution in [0.1, 0.15) is 32.3 Å². The summed E-state index contributed by atoms with van der Waals surface area (Å²) in [4.78, 5) is 25.4. The third-order valence-electron chi connectivity index (χ3n) is 4.35. The maximum Gasteiger partial charge on any atom is 0.337 e. The Kier molecular flexibility index (Phi) is 7.24. The van der Waals surface area contributed by atoms with E-state index in [-0.39, 0.29) is 38.9 Å². The van der Waals surface area contributed by atoms with E-state index in [4.69, 9.17) is 25.8 Å². The number of nitrogens with one attached hydrogen (secondary N) is 1. The summed E-state index contributed by atoms with van der Waals surface area (Å²) in [6, 6.07) is 2.67. The Bertz CT molecular complexity index is 895. The van der Waals surface area contributed by atoms with Crippen molar-refractivity contribution in [1.82, 2.24) is 5.32 Å². The zero-order chi connectivity index (χ0) is 21.9. The lowest BCUT2D eigenvalue weighted by molar-refractivity contribution is -0.143. The van der Waals surface area contributed by atoms with Gasteiger partial charge in [-0.2, -0.15) is 0 Å². The number of allylic oxidation sites excluding steroid dienone is 2. The van der Waals surface area contributed by atoms with Crippen molar-refractivity contribution in [2.24, 2.45) is 0 Å². The van der Waals surface area contributed by atoms with Gasteiger partial charge in [0, 0.05) is 16.3 Å². The van der Waals surface area contributed by atoms with Gasteiger partial charge in [0.25, 0.3) is 0 Å². The minimum absolute atomic E-state index is 0.0718. The minimum Gasteiger partial charge on any atom is -0.494 e. The Morgan fingerprint density at radius 2 is 1.86 bits per heavy atom. The average molecular weight is 430 g/mol. The van der Waals surface area contributed by atoms with Crippen LogP contribution in [0, 0.1) is 5.82 Å². The first-order valence-corrected chi connectivity index (χ1v) is 9.13. The molecule has 1 N–H and O–H groups in total. The molecule has 158 valence electrons. The molecule has 1 aliphatic rings. The molecule has 1 heterocycles. The highest BCUT2D eigenvalue weighted by Gasteiger charge is 2.41. The van der Waals surface area contributed by atoms with E-state index in [0.29, 0.717) is 0 Å². The van der Waals surface area contributed by atoms with Crippen LogP contribution >= 0.6 is 11.6 Å². The lowest BCUT2D eigenvalue weighted by atomic mass is 9.80. The average Bonchev–Trinajstić information content (AvgIpc) is 2.66. The third-order valence-corrected chi connectivity index (χ3v) is 4.68. The van der Waals surface area contributed by atoms with Crippen molar-refractivity contribution in [2.75, 3.05) is 20.9 Å². The number of alkyl halides is 1. The number of carbonyl (C=O) groups excluding carboxylic acids is 2. The number of ether oxygens (including phenoxy) is 3. The number of halogens is 3. The van der Waals surface area contributed by atoms with E-state index in [1.54, 1.807) is 13.8 Å². The normalized spacial score (nSPS) is 16.7. The number of hydrogen-bond donors (Lipinski definition) is 1. The standard InChI is InChI=1S/C20H22ClF2NO5/c1-9(2)29-20(26)14-10(3)24-12(8-22)16(19(25)28-5)17(14)15-11(21)6-7-13(27-4)18(15)23/h6-7,9,17,24H,8H2,1-5H3. The van der Waals surface area contributed by atoms with Crippen molar-refractivity contribution in [3.63, 3.8) is 0 Å². The van der Waals surface area contributed by atoms with Crippen molar-refractivity contribution in [1.29, 1.82) is 0 Å². The van der Waals surface area contributed by atoms with E-state index in [1.807, 2.05) is 0 Å². The number of dihydropyridines is 1. The van der Waals surface area contributed by atoms with Crippen molar-refractivity contribution in [3.8, 4) is 5.75 Å². The van der Waals surface area contributed by atoms with Crippen molar-refractivity contribution < 1.29 is 32.6 Å². The van der Waals surface area contributed by atoms with Gasteiger partial charge in [-0.25, -0.2) is 18.4 Å². The molecule has 1 aromatic rings. The Balaban J connectivity index is 2.86. The topological polar surface area (TPSA) is 73.9 Å². The van der Waals surface area contributed by atoms with Gasteiger partial charge in [-0.3, -0.25) is 0 Å². The predicted molar refractivity (Wildman–Crippen MR) is 103 cm³/mol. The Morgan fingerprint density at radius 3 is 2.38 bits per heavy atom. The van der Waals surface area contributed by atoms with Gasteiger partial charge in [0.2, 0.25) is 0 Å². The molecule has 0 amide bonds. The molecule has 0 spiro atoms. The summed E-state index contributed by atoms with van der Waals surface area (Å²) in [6.07, 6.45) is -0.484. The summed E-state index contributed by atoms with van der Waals surface area (Å²) in [7, 11) is 2.36. The quantitative estimate of drug-likeness (QED) is 0.693. The molecule has 0 aromatic heterocycles. The third kappa shape index (κ3) is 4.37. The summed E-state index contributed by atoms with van der Waals surface area (Å²) in [5.74, 6) is -4.12. The first-order chi connectivity index (χ1) is 13.7. The monoisotopic (exact) mass is 429 g/mol. The molecule has 9 heteroatoms. The molecule has 1 unspecified atom stereocenters. The second-order valence-electron chi connectivity index (χ2n) is 6.55. The van der Waals surface area contributed by atoms with E-state index >= 15 is 4.39 Å². The fourth-order valence-corrected chi connectivity index (χ4v) is 3.42. The number of benzene rings is 1. The molecular formula is C20H22ClF2NO5. The second kappa shape index (κ2) is 9.26. The largest absolute Gasteiger partial charge is 0.494 e. The van der Waals surface area contributed by atoms with Crippen LogP contribution < -0.4 is 10.1 Å². The first-order valence-electron chi connectivity index (χ1n) is 8.75. The molecule has 0 radical (unpaired) electrons. The van der Waals surface area contributed by atoms with Crippen LogP contribution in [0.4, 0.5) is 8.78 Å². The molecular weight excluding hydrogens is 408 g/mol. The summed E-state index contributed by atoms with van der Waals surface area (Å²) < 4.78 is 44.1. The minimum atomic E-state index is -1.36. The Labute approximate surface area is 172 Å². The van der Waals surface area contributed by atoms with E-state index in [1.165, 1.54) is 26.2 Å². The van der Waals surface area contributed by atoms with Crippen molar-refractivity contribution >= 4 is 23.5 Å². The van der Waals surface area contributed by atoms with Crippen LogP contribution in [0.5, 0.6) is 5.75 Å². The number of hydrogen-bond acceptors (Lipinski definition) is 6. The van der Waals surface area contributed by atoms with E-state index in [2.05, 4.69) is 5.32 Å². The summed E-state index contributed by atoms with van der Waals surface area (Å²) >= 11 is 6.26. The van der Waals surface area contributed by atoms with Crippen LogP contribution in [-0.2, 0) is 19.1 Å². The van der Waals surface area contributed by atoms with Gasteiger partial charge < -0.3 is 19.5 Å². The first kappa shape index (κ1) is 22.7. The predicted octanol–water partition coefficient (Wildman–Crippen LogP) is 3.80. The van der Waals surface area contributed by atoms with Crippen molar-refractivity contribution in [3.05, 3.63) is 51.1 Å². The number of rotatable bonds is 6. The zero-order valence-corrected chi connectivity index (χ0v) is 17.4. The van der Waals surface area contributed by atoms with Crippen LogP contribution in [0.3, 0.4) is 0 Å². The molecule has 29 heavy (non-hydrogen) atoms. The number of esters is 2. The van der Waals surface area contributed by atoms with E-state index < -0.39 is 36.5 Å². The van der Waals surface area contributed by atoms with Crippen LogP contribution in [0.2, 0.25) is 5.02 Å². The fraction of sp³-hybridized carbons (Fsp3) is 0.400. The molecule has 1 atom stereocenters. The maximum atomic E-state index is 15.2. The van der Waals surface area contributed by atoms with Crippen LogP contribution in [0.15, 0.2) is 34.7 Å². The maximum absolute atomic E-state index is 15.2. The van der Waals surface area contributed by atoms with Gasteiger partial charge in [-0.15, -0.1) is 0 Å². The fourth-order valence-electron chi connectivity index (χ4n) is 3.16. The summed E-state index contributed by atoms with van der Waals surface area (Å²) in [5.41, 5.74) is -0.511. The van der Waals surface area contributed by atoms with Gasteiger partial charge in [0.15, 0.2) is 11.6 Å². The molecule has 2 rings (SSSR count). The second-order valence-corrected chi connectivity index (χ2v) is 6.95. The Hall–Kier alpha value is -2.61. The van der Waals surface area contributed by atoms with Crippen LogP contribution in [0.25, 0.3) is 0 Å². The van der Waals surface area contributed by atoms with E-state index in [9.17, 15) is 14.0 Å². The highest BCUT2D eigenvalue weighted by Crippen LogP contribution is 2.44. The van der Waals surface area contributed by atoms with E-state index in [0.717, 1.165) is 7.11 Å².